The standard InChI is InChI=1S/C43H59N5O11/c1-5-8-36-58-34-22-31-30-15-12-27-21-29(49)16-17-41(27,2)37(30)32(50)23-42(31,3)43(34,59-36)33(51)25-56-39(54)46-19-20-48(4)40(55)57-24-26-10-13-28(14-11-26)47-35(52)9-6-7-18-45-38(44)53/h10-11,13-14,16-17,21,30-32,34,36-37,50H,5-9,12,15,18-20,22-25H2,1-4H3,(H,46,54)(H,47,52)(H3,44,45,53)/t30-,31?,32-,34+,36?,37?,41-,42-,43+/m0/s1. The van der Waals surface area contributed by atoms with E-state index in [1.807, 2.05) is 19.9 Å². The number of nitrogens with two attached hydrogens (primary N) is 1. The van der Waals surface area contributed by atoms with Gasteiger partial charge in [0.25, 0.3) is 0 Å². The van der Waals surface area contributed by atoms with E-state index in [1.54, 1.807) is 36.4 Å². The maximum absolute atomic E-state index is 14.4. The molecule has 4 aliphatic carbocycles. The fourth-order valence-electron chi connectivity index (χ4n) is 10.5. The molecule has 1 saturated heterocycles. The minimum absolute atomic E-state index is 0.00523. The van der Waals surface area contributed by atoms with Crippen LogP contribution in [0.1, 0.15) is 84.1 Å². The number of fused-ring (bicyclic) bond motifs is 7. The highest BCUT2D eigenvalue weighted by atomic mass is 16.7. The normalized spacial score (nSPS) is 31.4. The van der Waals surface area contributed by atoms with Crippen LogP contribution >= 0.6 is 0 Å². The second-order valence-corrected chi connectivity index (χ2v) is 17.0. The SMILES string of the molecule is CCCC1O[C@@H]2CC3[C@@H]4CCC5=CC(=O)C=C[C@]5(C)C4[C@@H](O)C[C@]3(C)[C@]2(C(=O)COC(=O)NCCN(C)C(=O)OCc2ccc(NC(=O)CCCCNC(N)=O)cc2)O1. The van der Waals surface area contributed by atoms with Crippen molar-refractivity contribution in [3.63, 3.8) is 0 Å². The van der Waals surface area contributed by atoms with Gasteiger partial charge in [-0.25, -0.2) is 14.4 Å². The number of carbonyl (C=O) groups is 6. The number of benzene rings is 1. The van der Waals surface area contributed by atoms with Gasteiger partial charge in [0.1, 0.15) is 6.61 Å². The fraction of sp³-hybridized carbons (Fsp3) is 0.628. The zero-order valence-corrected chi connectivity index (χ0v) is 34.5. The number of hydrogen-bond acceptors (Lipinski definition) is 11. The van der Waals surface area contributed by atoms with Crippen LogP contribution in [0.25, 0.3) is 0 Å². The summed E-state index contributed by atoms with van der Waals surface area (Å²) in [6.45, 7) is 6.11. The van der Waals surface area contributed by atoms with Crippen LogP contribution < -0.4 is 21.7 Å². The molecule has 6 rings (SSSR count). The van der Waals surface area contributed by atoms with Crippen LogP contribution in [0.2, 0.25) is 0 Å². The molecule has 6 N–H and O–H groups in total. The van der Waals surface area contributed by atoms with E-state index in [-0.39, 0.29) is 55.6 Å². The lowest BCUT2D eigenvalue weighted by Gasteiger charge is -2.59. The van der Waals surface area contributed by atoms with Gasteiger partial charge in [0, 0.05) is 55.5 Å². The second-order valence-electron chi connectivity index (χ2n) is 17.0. The quantitative estimate of drug-likeness (QED) is 0.146. The Morgan fingerprint density at radius 1 is 1.05 bits per heavy atom. The number of nitrogens with zero attached hydrogens (tertiary/aromatic N) is 1. The third kappa shape index (κ3) is 9.04. The largest absolute Gasteiger partial charge is 0.445 e. The molecule has 0 spiro atoms. The number of ether oxygens (including phenoxy) is 4. The van der Waals surface area contributed by atoms with Crippen molar-refractivity contribution in [2.24, 2.45) is 34.3 Å². The van der Waals surface area contributed by atoms with Gasteiger partial charge in [-0.05, 0) is 86.6 Å². The van der Waals surface area contributed by atoms with Crippen LogP contribution in [-0.4, -0.2) is 103 Å². The molecule has 1 aromatic carbocycles. The van der Waals surface area contributed by atoms with Gasteiger partial charge in [0.2, 0.25) is 11.7 Å². The number of hydrogen-bond donors (Lipinski definition) is 5. The third-order valence-corrected chi connectivity index (χ3v) is 13.3. The molecule has 5 amide bonds. The molecule has 16 heteroatoms. The maximum atomic E-state index is 14.4. The summed E-state index contributed by atoms with van der Waals surface area (Å²) in [4.78, 5) is 76.4. The van der Waals surface area contributed by atoms with Crippen LogP contribution in [0, 0.1) is 28.6 Å². The van der Waals surface area contributed by atoms with Crippen LogP contribution in [0.4, 0.5) is 20.1 Å². The molecule has 59 heavy (non-hydrogen) atoms. The number of ketones is 2. The molecule has 1 aromatic rings. The Morgan fingerprint density at radius 3 is 2.54 bits per heavy atom. The number of unbranched alkanes of at least 4 members (excludes halogenated alkanes) is 1. The van der Waals surface area contributed by atoms with Gasteiger partial charge in [0.05, 0.1) is 12.2 Å². The predicted molar refractivity (Wildman–Crippen MR) is 214 cm³/mol. The Hall–Kier alpha value is -4.80. The number of aliphatic hydroxyl groups is 1. The first-order chi connectivity index (χ1) is 28.1. The minimum atomic E-state index is -1.41. The molecule has 1 heterocycles. The van der Waals surface area contributed by atoms with Gasteiger partial charge in [-0.15, -0.1) is 0 Å². The minimum Gasteiger partial charge on any atom is -0.445 e. The van der Waals surface area contributed by atoms with E-state index < -0.39 is 65.5 Å². The lowest BCUT2D eigenvalue weighted by molar-refractivity contribution is -0.200. The average Bonchev–Trinajstić information content (AvgIpc) is 3.68. The molecular weight excluding hydrogens is 762 g/mol. The molecule has 16 nitrogen and oxygen atoms in total. The molecular formula is C43H59N5O11. The molecule has 9 atom stereocenters. The van der Waals surface area contributed by atoms with Crippen LogP contribution in [0.3, 0.4) is 0 Å². The smallest absolute Gasteiger partial charge is 0.409 e. The topological polar surface area (TPSA) is 225 Å². The maximum Gasteiger partial charge on any atom is 0.409 e. The number of aliphatic hydroxyl groups excluding tert-OH is 1. The number of anilines is 1. The first-order valence-corrected chi connectivity index (χ1v) is 20.8. The molecule has 0 bridgehead atoms. The van der Waals surface area contributed by atoms with Gasteiger partial charge in [-0.3, -0.25) is 14.4 Å². The fourth-order valence-corrected chi connectivity index (χ4v) is 10.5. The van der Waals surface area contributed by atoms with E-state index in [0.717, 1.165) is 24.8 Å². The van der Waals surface area contributed by atoms with Crippen molar-refractivity contribution in [1.82, 2.24) is 15.5 Å². The van der Waals surface area contributed by atoms with E-state index >= 15 is 0 Å². The van der Waals surface area contributed by atoms with Crippen molar-refractivity contribution in [3.05, 3.63) is 53.6 Å². The molecule has 3 saturated carbocycles. The molecule has 4 fully saturated rings. The molecule has 322 valence electrons. The molecule has 1 aliphatic heterocycles. The van der Waals surface area contributed by atoms with Crippen molar-refractivity contribution in [2.45, 2.75) is 109 Å². The van der Waals surface area contributed by atoms with Crippen LogP contribution in [-0.2, 0) is 39.9 Å². The van der Waals surface area contributed by atoms with Crippen molar-refractivity contribution < 1.29 is 52.8 Å². The Balaban J connectivity index is 0.969. The van der Waals surface area contributed by atoms with E-state index in [4.69, 9.17) is 24.7 Å². The number of rotatable bonds is 16. The summed E-state index contributed by atoms with van der Waals surface area (Å²) < 4.78 is 24.0. The molecule has 3 unspecified atom stereocenters. The lowest BCUT2D eigenvalue weighted by atomic mass is 9.46. The van der Waals surface area contributed by atoms with Gasteiger partial charge in [-0.2, -0.15) is 0 Å². The number of alkyl carbamates (subject to hydrolysis) is 1. The predicted octanol–water partition coefficient (Wildman–Crippen LogP) is 4.50. The summed E-state index contributed by atoms with van der Waals surface area (Å²) in [5.41, 5.74) is 4.70. The highest BCUT2D eigenvalue weighted by molar-refractivity contribution is 6.01. The van der Waals surface area contributed by atoms with Crippen molar-refractivity contribution in [1.29, 1.82) is 0 Å². The van der Waals surface area contributed by atoms with Gasteiger partial charge in [0.15, 0.2) is 24.3 Å². The first kappa shape index (κ1) is 43.8. The number of primary amides is 1. The Bertz CT molecular complexity index is 1840. The second kappa shape index (κ2) is 18.2. The lowest BCUT2D eigenvalue weighted by Crippen LogP contribution is -2.63. The first-order valence-electron chi connectivity index (χ1n) is 20.8. The highest BCUT2D eigenvalue weighted by Crippen LogP contribution is 2.69. The number of nitrogens with one attached hydrogen (secondary N) is 3. The number of allylic oxidation sites excluding steroid dienone is 4. The summed E-state index contributed by atoms with van der Waals surface area (Å²) in [5, 5.41) is 19.8. The summed E-state index contributed by atoms with van der Waals surface area (Å²) >= 11 is 0. The summed E-state index contributed by atoms with van der Waals surface area (Å²) in [7, 11) is 1.53. The van der Waals surface area contributed by atoms with E-state index in [2.05, 4.69) is 22.9 Å². The van der Waals surface area contributed by atoms with Gasteiger partial charge < -0.3 is 50.6 Å². The number of amides is 5. The highest BCUT2D eigenvalue weighted by Gasteiger charge is 2.76. The Morgan fingerprint density at radius 2 is 1.81 bits per heavy atom. The Labute approximate surface area is 344 Å². The van der Waals surface area contributed by atoms with E-state index in [0.29, 0.717) is 49.9 Å². The molecule has 0 radical (unpaired) electrons. The van der Waals surface area contributed by atoms with E-state index in [1.165, 1.54) is 11.9 Å². The average molecular weight is 822 g/mol. The van der Waals surface area contributed by atoms with Crippen molar-refractivity contribution >= 4 is 41.4 Å². The number of Topliss-reactive ketones (excluding diaryl/α,β-unsaturated/α-hetero) is 1. The molecule has 0 aromatic heterocycles. The summed E-state index contributed by atoms with van der Waals surface area (Å²) in [6.07, 6.45) is 7.17. The summed E-state index contributed by atoms with van der Waals surface area (Å²) in [6, 6.07) is 6.27. The summed E-state index contributed by atoms with van der Waals surface area (Å²) in [5.74, 6) is -0.672. The van der Waals surface area contributed by atoms with Gasteiger partial charge >= 0.3 is 18.2 Å². The van der Waals surface area contributed by atoms with E-state index in [9.17, 15) is 33.9 Å². The monoisotopic (exact) mass is 821 g/mol. The zero-order chi connectivity index (χ0) is 42.5. The number of carbonyl (C=O) groups excluding carboxylic acids is 6. The third-order valence-electron chi connectivity index (χ3n) is 13.3. The zero-order valence-electron chi connectivity index (χ0n) is 34.5. The van der Waals surface area contributed by atoms with Crippen molar-refractivity contribution in [3.8, 4) is 0 Å². The van der Waals surface area contributed by atoms with Crippen LogP contribution in [0.15, 0.2) is 48.1 Å². The van der Waals surface area contributed by atoms with Crippen LogP contribution in [0.5, 0.6) is 0 Å². The number of likely N-dealkylation sites (N-methyl/N-ethyl adjacent to an activating group) is 1. The number of urea groups is 1. The van der Waals surface area contributed by atoms with Gasteiger partial charge in [-0.1, -0.05) is 51.0 Å². The Kier molecular flexibility index (Phi) is 13.5. The van der Waals surface area contributed by atoms with Crippen molar-refractivity contribution in [2.75, 3.05) is 38.6 Å². The molecule has 5 aliphatic rings.